The maximum Gasteiger partial charge on any atom is 0.240 e. The van der Waals surface area contributed by atoms with Crippen LogP contribution in [0.1, 0.15) is 25.6 Å². The summed E-state index contributed by atoms with van der Waals surface area (Å²) in [5, 5.41) is 11.9. The van der Waals surface area contributed by atoms with Crippen molar-refractivity contribution in [2.24, 2.45) is 5.92 Å². The zero-order valence-electron chi connectivity index (χ0n) is 16.2. The first-order chi connectivity index (χ1) is 13.2. The van der Waals surface area contributed by atoms with Gasteiger partial charge >= 0.3 is 0 Å². The van der Waals surface area contributed by atoms with E-state index in [-0.39, 0.29) is 11.4 Å². The van der Waals surface area contributed by atoms with Crippen molar-refractivity contribution in [1.29, 1.82) is 0 Å². The highest BCUT2D eigenvalue weighted by Gasteiger charge is 2.28. The standard InChI is InChI=1S/C21H25NO4S2/c1-15(2)13-26-17-8-10-18(11-9-17)28(24,25)22-14-21(3,23)20-12-16-6-4-5-7-19(16)27-20/h4-12,15,22-23H,13-14H2,1-3H3. The molecule has 3 rings (SSSR count). The molecular formula is C21H25NO4S2. The summed E-state index contributed by atoms with van der Waals surface area (Å²) in [6.45, 7) is 6.16. The zero-order valence-corrected chi connectivity index (χ0v) is 17.8. The Balaban J connectivity index is 1.69. The van der Waals surface area contributed by atoms with Crippen LogP contribution in [-0.2, 0) is 15.6 Å². The Morgan fingerprint density at radius 2 is 1.82 bits per heavy atom. The first-order valence-corrected chi connectivity index (χ1v) is 11.4. The minimum atomic E-state index is -3.74. The van der Waals surface area contributed by atoms with Crippen molar-refractivity contribution >= 4 is 31.4 Å². The van der Waals surface area contributed by atoms with Crippen LogP contribution in [0.2, 0.25) is 0 Å². The van der Waals surface area contributed by atoms with Crippen LogP contribution in [0.15, 0.2) is 59.5 Å². The van der Waals surface area contributed by atoms with Gasteiger partial charge in [0.2, 0.25) is 10.0 Å². The summed E-state index contributed by atoms with van der Waals surface area (Å²) >= 11 is 1.46. The first-order valence-electron chi connectivity index (χ1n) is 9.11. The Hall–Kier alpha value is -1.93. The number of ether oxygens (including phenoxy) is 1. The molecule has 0 amide bonds. The van der Waals surface area contributed by atoms with Crippen LogP contribution < -0.4 is 9.46 Å². The van der Waals surface area contributed by atoms with E-state index in [2.05, 4.69) is 4.72 Å². The number of fused-ring (bicyclic) bond motifs is 1. The van der Waals surface area contributed by atoms with Crippen LogP contribution in [0.3, 0.4) is 0 Å². The highest BCUT2D eigenvalue weighted by molar-refractivity contribution is 7.89. The van der Waals surface area contributed by atoms with Gasteiger partial charge in [-0.2, -0.15) is 0 Å². The largest absolute Gasteiger partial charge is 0.493 e. The Kier molecular flexibility index (Phi) is 6.09. The van der Waals surface area contributed by atoms with E-state index < -0.39 is 15.6 Å². The topological polar surface area (TPSA) is 75.6 Å². The summed E-state index contributed by atoms with van der Waals surface area (Å²) in [4.78, 5) is 0.852. The van der Waals surface area contributed by atoms with Gasteiger partial charge in [-0.1, -0.05) is 32.0 Å². The Morgan fingerprint density at radius 3 is 2.46 bits per heavy atom. The fraction of sp³-hybridized carbons (Fsp3) is 0.333. The smallest absolute Gasteiger partial charge is 0.240 e. The van der Waals surface area contributed by atoms with E-state index in [0.717, 1.165) is 10.1 Å². The predicted molar refractivity (Wildman–Crippen MR) is 113 cm³/mol. The van der Waals surface area contributed by atoms with Crippen LogP contribution in [0.5, 0.6) is 5.75 Å². The third-order valence-electron chi connectivity index (χ3n) is 4.28. The summed E-state index contributed by atoms with van der Waals surface area (Å²) in [6, 6.07) is 16.0. The maximum absolute atomic E-state index is 12.6. The minimum Gasteiger partial charge on any atom is -0.493 e. The fourth-order valence-electron chi connectivity index (χ4n) is 2.63. The molecule has 28 heavy (non-hydrogen) atoms. The van der Waals surface area contributed by atoms with Crippen LogP contribution in [0.25, 0.3) is 10.1 Å². The molecule has 0 bridgehead atoms. The molecule has 1 aromatic heterocycles. The lowest BCUT2D eigenvalue weighted by molar-refractivity contribution is 0.0666. The van der Waals surface area contributed by atoms with Crippen molar-refractivity contribution in [3.8, 4) is 5.75 Å². The average Bonchev–Trinajstić information content (AvgIpc) is 3.10. The second-order valence-corrected chi connectivity index (χ2v) is 10.3. The third-order valence-corrected chi connectivity index (χ3v) is 7.07. The molecule has 3 aromatic rings. The summed E-state index contributed by atoms with van der Waals surface area (Å²) < 4.78 is 34.4. The predicted octanol–water partition coefficient (Wildman–Crippen LogP) is 4.12. The summed E-state index contributed by atoms with van der Waals surface area (Å²) in [7, 11) is -3.74. The van der Waals surface area contributed by atoms with Gasteiger partial charge in [-0.15, -0.1) is 11.3 Å². The van der Waals surface area contributed by atoms with E-state index in [1.54, 1.807) is 19.1 Å². The molecule has 0 aliphatic heterocycles. The third kappa shape index (κ3) is 4.91. The van der Waals surface area contributed by atoms with Gasteiger partial charge in [-0.25, -0.2) is 13.1 Å². The maximum atomic E-state index is 12.6. The molecule has 0 radical (unpaired) electrons. The fourth-order valence-corrected chi connectivity index (χ4v) is 4.87. The number of rotatable bonds is 8. The quantitative estimate of drug-likeness (QED) is 0.576. The zero-order chi connectivity index (χ0) is 20.4. The summed E-state index contributed by atoms with van der Waals surface area (Å²) in [6.07, 6.45) is 0. The van der Waals surface area contributed by atoms with Crippen LogP contribution in [0, 0.1) is 5.92 Å². The molecule has 0 saturated carbocycles. The Bertz CT molecular complexity index is 1000. The molecule has 0 fully saturated rings. The number of hydrogen-bond acceptors (Lipinski definition) is 5. The van der Waals surface area contributed by atoms with E-state index in [1.165, 1.54) is 23.5 Å². The van der Waals surface area contributed by atoms with Crippen molar-refractivity contribution in [2.45, 2.75) is 31.3 Å². The second-order valence-electron chi connectivity index (χ2n) is 7.42. The second kappa shape index (κ2) is 8.21. The van der Waals surface area contributed by atoms with Crippen LogP contribution in [0.4, 0.5) is 0 Å². The van der Waals surface area contributed by atoms with Gasteiger partial charge in [0.15, 0.2) is 0 Å². The van der Waals surface area contributed by atoms with Gasteiger partial charge in [0.25, 0.3) is 0 Å². The minimum absolute atomic E-state index is 0.117. The molecule has 1 heterocycles. The number of hydrogen-bond donors (Lipinski definition) is 2. The van der Waals surface area contributed by atoms with Crippen molar-refractivity contribution in [3.05, 3.63) is 59.5 Å². The lowest BCUT2D eigenvalue weighted by Crippen LogP contribution is -2.38. The first kappa shape index (κ1) is 20.8. The summed E-state index contributed by atoms with van der Waals surface area (Å²) in [5.41, 5.74) is -1.31. The molecule has 0 aliphatic carbocycles. The van der Waals surface area contributed by atoms with E-state index in [4.69, 9.17) is 4.74 Å². The molecule has 1 unspecified atom stereocenters. The van der Waals surface area contributed by atoms with Gasteiger partial charge in [-0.3, -0.25) is 0 Å². The van der Waals surface area contributed by atoms with Crippen LogP contribution >= 0.6 is 11.3 Å². The van der Waals surface area contributed by atoms with Crippen molar-refractivity contribution in [1.82, 2.24) is 4.72 Å². The van der Waals surface area contributed by atoms with E-state index in [0.29, 0.717) is 23.2 Å². The van der Waals surface area contributed by atoms with Crippen molar-refractivity contribution in [2.75, 3.05) is 13.2 Å². The SMILES string of the molecule is CC(C)COc1ccc(S(=O)(=O)NCC(C)(O)c2cc3ccccc3s2)cc1. The van der Waals surface area contributed by atoms with Gasteiger partial charge < -0.3 is 9.84 Å². The Labute approximate surface area is 170 Å². The van der Waals surface area contributed by atoms with Gasteiger partial charge in [0.05, 0.1) is 11.5 Å². The van der Waals surface area contributed by atoms with Crippen LogP contribution in [-0.4, -0.2) is 26.7 Å². The molecule has 0 saturated heterocycles. The number of thiophene rings is 1. The lowest BCUT2D eigenvalue weighted by atomic mass is 10.1. The summed E-state index contributed by atoms with van der Waals surface area (Å²) in [5.74, 6) is 1.02. The highest BCUT2D eigenvalue weighted by Crippen LogP contribution is 2.33. The van der Waals surface area contributed by atoms with E-state index >= 15 is 0 Å². The molecule has 2 aromatic carbocycles. The van der Waals surface area contributed by atoms with E-state index in [1.807, 2.05) is 44.2 Å². The highest BCUT2D eigenvalue weighted by atomic mass is 32.2. The number of benzene rings is 2. The molecule has 150 valence electrons. The number of sulfonamides is 1. The van der Waals surface area contributed by atoms with Gasteiger partial charge in [0.1, 0.15) is 11.4 Å². The van der Waals surface area contributed by atoms with Gasteiger partial charge in [0, 0.05) is 16.1 Å². The average molecular weight is 420 g/mol. The van der Waals surface area contributed by atoms with Crippen molar-refractivity contribution < 1.29 is 18.3 Å². The van der Waals surface area contributed by atoms with Crippen molar-refractivity contribution in [3.63, 3.8) is 0 Å². The van der Waals surface area contributed by atoms with Gasteiger partial charge in [-0.05, 0) is 54.6 Å². The molecule has 7 heteroatoms. The van der Waals surface area contributed by atoms with E-state index in [9.17, 15) is 13.5 Å². The number of nitrogens with one attached hydrogen (secondary N) is 1. The molecule has 1 atom stereocenters. The molecule has 0 aliphatic rings. The lowest BCUT2D eigenvalue weighted by Gasteiger charge is -2.22. The molecule has 5 nitrogen and oxygen atoms in total. The monoisotopic (exact) mass is 419 g/mol. The molecular weight excluding hydrogens is 394 g/mol. The number of aliphatic hydroxyl groups is 1. The molecule has 2 N–H and O–H groups in total. The Morgan fingerprint density at radius 1 is 1.14 bits per heavy atom. The normalized spacial score (nSPS) is 14.3. The molecule has 0 spiro atoms.